The first kappa shape index (κ1) is 16.4. The first-order valence-electron chi connectivity index (χ1n) is 7.52. The molecule has 1 amide bonds. The van der Waals surface area contributed by atoms with Crippen molar-refractivity contribution in [3.63, 3.8) is 0 Å². The van der Waals surface area contributed by atoms with Crippen molar-refractivity contribution in [1.29, 1.82) is 0 Å². The molecule has 0 aliphatic carbocycles. The number of hydrogen-bond donors (Lipinski definition) is 2. The van der Waals surface area contributed by atoms with Crippen molar-refractivity contribution in [3.8, 4) is 0 Å². The van der Waals surface area contributed by atoms with Gasteiger partial charge in [0.2, 0.25) is 5.91 Å². The van der Waals surface area contributed by atoms with Crippen LogP contribution < -0.4 is 5.32 Å². The highest BCUT2D eigenvalue weighted by Gasteiger charge is 2.33. The molecule has 0 saturated carbocycles. The number of aliphatic hydroxyl groups excluding tert-OH is 1. The minimum atomic E-state index is -0.300. The van der Waals surface area contributed by atoms with Crippen LogP contribution in [-0.4, -0.2) is 48.2 Å². The highest BCUT2D eigenvalue weighted by Crippen LogP contribution is 2.25. The summed E-state index contributed by atoms with van der Waals surface area (Å²) in [4.78, 5) is 14.4. The number of carbonyl (C=O) groups is 1. The maximum absolute atomic E-state index is 12.4. The van der Waals surface area contributed by atoms with Gasteiger partial charge in [-0.05, 0) is 25.3 Å². The van der Waals surface area contributed by atoms with Gasteiger partial charge in [-0.25, -0.2) is 0 Å². The minimum absolute atomic E-state index is 0.224. The molecule has 0 aromatic carbocycles. The van der Waals surface area contributed by atoms with Crippen LogP contribution in [0, 0.1) is 11.3 Å². The molecule has 0 radical (unpaired) electrons. The van der Waals surface area contributed by atoms with Crippen LogP contribution in [0.25, 0.3) is 0 Å². The van der Waals surface area contributed by atoms with Crippen LogP contribution in [0.2, 0.25) is 0 Å². The predicted molar refractivity (Wildman–Crippen MR) is 77.9 cm³/mol. The third-order valence-corrected chi connectivity index (χ3v) is 3.81. The average Bonchev–Trinajstić information content (AvgIpc) is 2.36. The maximum atomic E-state index is 12.4. The van der Waals surface area contributed by atoms with Gasteiger partial charge >= 0.3 is 0 Å². The summed E-state index contributed by atoms with van der Waals surface area (Å²) in [6, 6.07) is 0.372. The zero-order valence-electron chi connectivity index (χ0n) is 12.9. The van der Waals surface area contributed by atoms with E-state index in [1.807, 2.05) is 25.7 Å². The molecule has 2 N–H and O–H groups in total. The topological polar surface area (TPSA) is 52.6 Å². The van der Waals surface area contributed by atoms with Crippen molar-refractivity contribution < 1.29 is 9.90 Å². The number of nitrogens with zero attached hydrogens (tertiary/aromatic N) is 1. The Morgan fingerprint density at radius 1 is 1.37 bits per heavy atom. The van der Waals surface area contributed by atoms with E-state index >= 15 is 0 Å². The quantitative estimate of drug-likeness (QED) is 0.747. The number of piperidine rings is 1. The van der Waals surface area contributed by atoms with Gasteiger partial charge in [0.1, 0.15) is 0 Å². The van der Waals surface area contributed by atoms with Gasteiger partial charge in [-0.2, -0.15) is 0 Å². The largest absolute Gasteiger partial charge is 0.396 e. The molecule has 0 bridgehead atoms. The van der Waals surface area contributed by atoms with E-state index in [4.69, 9.17) is 5.11 Å². The third-order valence-electron chi connectivity index (χ3n) is 3.81. The molecule has 1 fully saturated rings. The second kappa shape index (κ2) is 7.25. The van der Waals surface area contributed by atoms with Gasteiger partial charge < -0.3 is 15.3 Å². The van der Waals surface area contributed by atoms with Crippen molar-refractivity contribution in [2.75, 3.05) is 26.2 Å². The van der Waals surface area contributed by atoms with Crippen LogP contribution in [0.5, 0.6) is 0 Å². The number of rotatable bonds is 5. The van der Waals surface area contributed by atoms with Crippen LogP contribution in [0.15, 0.2) is 0 Å². The summed E-state index contributed by atoms with van der Waals surface area (Å²) in [5.41, 5.74) is -0.300. The summed E-state index contributed by atoms with van der Waals surface area (Å²) < 4.78 is 0. The molecule has 1 rings (SSSR count). The SMILES string of the molecule is CCC1CC(NCCCO)CN(C(=O)C(C)(C)C)C1. The van der Waals surface area contributed by atoms with Crippen molar-refractivity contribution in [3.05, 3.63) is 0 Å². The van der Waals surface area contributed by atoms with Crippen molar-refractivity contribution in [1.82, 2.24) is 10.2 Å². The van der Waals surface area contributed by atoms with Crippen LogP contribution in [0.1, 0.15) is 47.0 Å². The molecule has 4 heteroatoms. The Labute approximate surface area is 117 Å². The van der Waals surface area contributed by atoms with Gasteiger partial charge in [0, 0.05) is 31.2 Å². The Hall–Kier alpha value is -0.610. The van der Waals surface area contributed by atoms with E-state index in [1.54, 1.807) is 0 Å². The Morgan fingerprint density at radius 3 is 2.58 bits per heavy atom. The first-order chi connectivity index (χ1) is 8.88. The lowest BCUT2D eigenvalue weighted by Crippen LogP contribution is -2.53. The first-order valence-corrected chi connectivity index (χ1v) is 7.52. The third kappa shape index (κ3) is 5.11. The molecule has 4 nitrogen and oxygen atoms in total. The monoisotopic (exact) mass is 270 g/mol. The Kier molecular flexibility index (Phi) is 6.27. The molecular formula is C15H30N2O2. The molecule has 0 aromatic heterocycles. The molecule has 112 valence electrons. The minimum Gasteiger partial charge on any atom is -0.396 e. The van der Waals surface area contributed by atoms with Crippen molar-refractivity contribution >= 4 is 5.91 Å². The molecule has 0 aromatic rings. The van der Waals surface area contributed by atoms with Gasteiger partial charge in [-0.15, -0.1) is 0 Å². The second-order valence-electron chi connectivity index (χ2n) is 6.70. The number of amides is 1. The lowest BCUT2D eigenvalue weighted by atomic mass is 9.88. The zero-order chi connectivity index (χ0) is 14.5. The molecular weight excluding hydrogens is 240 g/mol. The summed E-state index contributed by atoms with van der Waals surface area (Å²) in [6.07, 6.45) is 3.03. The smallest absolute Gasteiger partial charge is 0.228 e. The van der Waals surface area contributed by atoms with Crippen LogP contribution >= 0.6 is 0 Å². The normalized spacial score (nSPS) is 24.6. The van der Waals surface area contributed by atoms with Crippen LogP contribution in [0.3, 0.4) is 0 Å². The fourth-order valence-electron chi connectivity index (χ4n) is 2.67. The molecule has 1 aliphatic rings. The molecule has 1 aliphatic heterocycles. The highest BCUT2D eigenvalue weighted by molar-refractivity contribution is 5.81. The molecule has 2 atom stereocenters. The number of carbonyl (C=O) groups excluding carboxylic acids is 1. The fourth-order valence-corrected chi connectivity index (χ4v) is 2.67. The van der Waals surface area contributed by atoms with Crippen molar-refractivity contribution in [2.24, 2.45) is 11.3 Å². The Balaban J connectivity index is 2.59. The van der Waals surface area contributed by atoms with E-state index in [-0.39, 0.29) is 17.9 Å². The molecule has 0 spiro atoms. The van der Waals surface area contributed by atoms with E-state index < -0.39 is 0 Å². The summed E-state index contributed by atoms with van der Waals surface area (Å²) in [7, 11) is 0. The van der Waals surface area contributed by atoms with E-state index in [1.165, 1.54) is 0 Å². The average molecular weight is 270 g/mol. The lowest BCUT2D eigenvalue weighted by Gasteiger charge is -2.40. The molecule has 19 heavy (non-hydrogen) atoms. The lowest BCUT2D eigenvalue weighted by molar-refractivity contribution is -0.142. The summed E-state index contributed by atoms with van der Waals surface area (Å²) >= 11 is 0. The standard InChI is InChI=1S/C15H30N2O2/c1-5-12-9-13(16-7-6-8-18)11-17(10-12)14(19)15(2,3)4/h12-13,16,18H,5-11H2,1-4H3. The van der Waals surface area contributed by atoms with Gasteiger partial charge in [0.15, 0.2) is 0 Å². The maximum Gasteiger partial charge on any atom is 0.228 e. The fraction of sp³-hybridized carbons (Fsp3) is 0.933. The highest BCUT2D eigenvalue weighted by atomic mass is 16.3. The van der Waals surface area contributed by atoms with Crippen molar-refractivity contribution in [2.45, 2.75) is 53.0 Å². The van der Waals surface area contributed by atoms with E-state index in [2.05, 4.69) is 12.2 Å². The van der Waals surface area contributed by atoms with E-state index in [0.717, 1.165) is 38.9 Å². The van der Waals surface area contributed by atoms with E-state index in [9.17, 15) is 4.79 Å². The number of hydrogen-bond acceptors (Lipinski definition) is 3. The van der Waals surface area contributed by atoms with Gasteiger partial charge in [0.05, 0.1) is 0 Å². The zero-order valence-corrected chi connectivity index (χ0v) is 12.9. The Morgan fingerprint density at radius 2 is 2.05 bits per heavy atom. The number of aliphatic hydroxyl groups is 1. The predicted octanol–water partition coefficient (Wildman–Crippen LogP) is 1.63. The van der Waals surface area contributed by atoms with Crippen LogP contribution in [-0.2, 0) is 4.79 Å². The van der Waals surface area contributed by atoms with E-state index in [0.29, 0.717) is 12.0 Å². The van der Waals surface area contributed by atoms with Gasteiger partial charge in [-0.1, -0.05) is 34.1 Å². The molecule has 2 unspecified atom stereocenters. The summed E-state index contributed by atoms with van der Waals surface area (Å²) in [5, 5.41) is 12.3. The number of likely N-dealkylation sites (tertiary alicyclic amines) is 1. The summed E-state index contributed by atoms with van der Waals surface area (Å²) in [6.45, 7) is 10.9. The Bertz CT molecular complexity index is 286. The molecule has 1 saturated heterocycles. The molecule has 1 heterocycles. The van der Waals surface area contributed by atoms with Crippen LogP contribution in [0.4, 0.5) is 0 Å². The second-order valence-corrected chi connectivity index (χ2v) is 6.70. The van der Waals surface area contributed by atoms with Gasteiger partial charge in [-0.3, -0.25) is 4.79 Å². The summed E-state index contributed by atoms with van der Waals surface area (Å²) in [5.74, 6) is 0.839. The number of nitrogens with one attached hydrogen (secondary N) is 1. The van der Waals surface area contributed by atoms with Gasteiger partial charge in [0.25, 0.3) is 0 Å².